The van der Waals surface area contributed by atoms with Crippen molar-refractivity contribution < 1.29 is 0 Å². The summed E-state index contributed by atoms with van der Waals surface area (Å²) in [5.41, 5.74) is 0. The summed E-state index contributed by atoms with van der Waals surface area (Å²) in [6.45, 7) is 0. The van der Waals surface area contributed by atoms with Gasteiger partial charge in [-0.2, -0.15) is 0 Å². The molecule has 0 amide bonds. The van der Waals surface area contributed by atoms with Crippen molar-refractivity contribution in [1.82, 2.24) is 0 Å². The Balaban J connectivity index is 2.08. The van der Waals surface area contributed by atoms with Crippen LogP contribution in [-0.2, 0) is 0 Å². The molecule has 78 valence electrons. The molecule has 1 aromatic heterocycles. The maximum atomic E-state index is 6.24. The normalized spacial score (nSPS) is 28.7. The quantitative estimate of drug-likeness (QED) is 0.482. The Bertz CT molecular complexity index is 295. The molecule has 0 aliphatic heterocycles. The maximum absolute atomic E-state index is 6.24. The third-order valence-electron chi connectivity index (χ3n) is 2.86. The monoisotopic (exact) mass is 248 g/mol. The Hall–Kier alpha value is 0.280. The number of hydrogen-bond donors (Lipinski definition) is 0. The third kappa shape index (κ3) is 2.65. The lowest BCUT2D eigenvalue weighted by molar-refractivity contribution is 0.605. The fourth-order valence-electron chi connectivity index (χ4n) is 2.11. The molecule has 1 aliphatic carbocycles. The second-order valence-electron chi connectivity index (χ2n) is 3.96. The van der Waals surface area contributed by atoms with Crippen LogP contribution >= 0.6 is 34.5 Å². The zero-order valence-electron chi connectivity index (χ0n) is 8.01. The number of alkyl halides is 1. The first kappa shape index (κ1) is 10.8. The van der Waals surface area contributed by atoms with E-state index in [-0.39, 0.29) is 0 Å². The minimum Gasteiger partial charge on any atom is -0.128 e. The SMILES string of the molecule is Clc1ccc(C2CCCCC(Cl)C2)s1. The van der Waals surface area contributed by atoms with Gasteiger partial charge in [-0.25, -0.2) is 0 Å². The first-order valence-electron chi connectivity index (χ1n) is 5.15. The Kier molecular flexibility index (Phi) is 3.75. The van der Waals surface area contributed by atoms with Crippen molar-refractivity contribution >= 4 is 34.5 Å². The average molecular weight is 249 g/mol. The van der Waals surface area contributed by atoms with Crippen LogP contribution in [0.15, 0.2) is 12.1 Å². The van der Waals surface area contributed by atoms with Crippen molar-refractivity contribution in [3.05, 3.63) is 21.3 Å². The van der Waals surface area contributed by atoms with Gasteiger partial charge in [0.2, 0.25) is 0 Å². The van der Waals surface area contributed by atoms with Crippen LogP contribution in [0.4, 0.5) is 0 Å². The van der Waals surface area contributed by atoms with Crippen LogP contribution in [0.25, 0.3) is 0 Å². The molecule has 0 N–H and O–H groups in total. The van der Waals surface area contributed by atoms with E-state index in [1.165, 1.54) is 30.6 Å². The third-order valence-corrected chi connectivity index (χ3v) is 4.65. The van der Waals surface area contributed by atoms with Crippen molar-refractivity contribution in [2.24, 2.45) is 0 Å². The first-order chi connectivity index (χ1) is 6.75. The predicted molar refractivity (Wildman–Crippen MR) is 64.8 cm³/mol. The van der Waals surface area contributed by atoms with E-state index in [2.05, 4.69) is 6.07 Å². The molecular formula is C11H14Cl2S. The molecule has 0 bridgehead atoms. The van der Waals surface area contributed by atoms with E-state index in [0.29, 0.717) is 11.3 Å². The number of rotatable bonds is 1. The second kappa shape index (κ2) is 4.87. The van der Waals surface area contributed by atoms with E-state index in [4.69, 9.17) is 23.2 Å². The molecule has 0 aromatic carbocycles. The van der Waals surface area contributed by atoms with Crippen LogP contribution in [0, 0.1) is 0 Å². The highest BCUT2D eigenvalue weighted by Crippen LogP contribution is 2.38. The molecule has 14 heavy (non-hydrogen) atoms. The average Bonchev–Trinajstić information content (AvgIpc) is 2.45. The first-order valence-corrected chi connectivity index (χ1v) is 6.78. The Morgan fingerprint density at radius 2 is 2.00 bits per heavy atom. The van der Waals surface area contributed by atoms with E-state index in [0.717, 1.165) is 10.8 Å². The highest BCUT2D eigenvalue weighted by Gasteiger charge is 2.21. The van der Waals surface area contributed by atoms with Gasteiger partial charge >= 0.3 is 0 Å². The lowest BCUT2D eigenvalue weighted by Crippen LogP contribution is -2.02. The molecule has 0 radical (unpaired) electrons. The largest absolute Gasteiger partial charge is 0.128 e. The molecule has 1 fully saturated rings. The maximum Gasteiger partial charge on any atom is 0.0931 e. The Morgan fingerprint density at radius 3 is 2.71 bits per heavy atom. The molecule has 2 rings (SSSR count). The minimum absolute atomic E-state index is 0.364. The fraction of sp³-hybridized carbons (Fsp3) is 0.636. The number of hydrogen-bond acceptors (Lipinski definition) is 1. The standard InChI is InChI=1S/C11H14Cl2S/c12-9-4-2-1-3-8(7-9)10-5-6-11(13)14-10/h5-6,8-9H,1-4,7H2. The molecule has 1 aliphatic rings. The zero-order chi connectivity index (χ0) is 9.97. The van der Waals surface area contributed by atoms with Gasteiger partial charge in [0.15, 0.2) is 0 Å². The van der Waals surface area contributed by atoms with Gasteiger partial charge in [-0.15, -0.1) is 22.9 Å². The van der Waals surface area contributed by atoms with Gasteiger partial charge in [-0.3, -0.25) is 0 Å². The molecule has 0 nitrogen and oxygen atoms in total. The minimum atomic E-state index is 0.364. The lowest BCUT2D eigenvalue weighted by atomic mass is 9.99. The van der Waals surface area contributed by atoms with Crippen LogP contribution in [0.5, 0.6) is 0 Å². The topological polar surface area (TPSA) is 0 Å². The van der Waals surface area contributed by atoms with Gasteiger partial charge in [0.25, 0.3) is 0 Å². The lowest BCUT2D eigenvalue weighted by Gasteiger charge is -2.13. The molecule has 1 aromatic rings. The van der Waals surface area contributed by atoms with Crippen LogP contribution in [-0.4, -0.2) is 5.38 Å². The van der Waals surface area contributed by atoms with Crippen molar-refractivity contribution in [3.8, 4) is 0 Å². The summed E-state index contributed by atoms with van der Waals surface area (Å²) in [4.78, 5) is 1.42. The summed E-state index contributed by atoms with van der Waals surface area (Å²) >= 11 is 13.9. The molecule has 1 heterocycles. The molecule has 0 saturated heterocycles. The van der Waals surface area contributed by atoms with Crippen molar-refractivity contribution in [3.63, 3.8) is 0 Å². The Labute approximate surface area is 99.2 Å². The van der Waals surface area contributed by atoms with E-state index in [1.807, 2.05) is 6.07 Å². The molecule has 3 heteroatoms. The summed E-state index contributed by atoms with van der Waals surface area (Å²) in [5, 5.41) is 0.364. The van der Waals surface area contributed by atoms with Crippen LogP contribution < -0.4 is 0 Å². The highest BCUT2D eigenvalue weighted by atomic mass is 35.5. The number of thiophene rings is 1. The summed E-state index contributed by atoms with van der Waals surface area (Å²) in [6, 6.07) is 4.16. The van der Waals surface area contributed by atoms with Crippen molar-refractivity contribution in [2.45, 2.75) is 43.4 Å². The van der Waals surface area contributed by atoms with Gasteiger partial charge in [-0.05, 0) is 37.3 Å². The summed E-state index contributed by atoms with van der Waals surface area (Å²) < 4.78 is 0.898. The summed E-state index contributed by atoms with van der Waals surface area (Å²) in [5.74, 6) is 0.650. The van der Waals surface area contributed by atoms with E-state index < -0.39 is 0 Å². The van der Waals surface area contributed by atoms with Crippen LogP contribution in [0.2, 0.25) is 4.34 Å². The van der Waals surface area contributed by atoms with Gasteiger partial charge in [-0.1, -0.05) is 24.4 Å². The van der Waals surface area contributed by atoms with E-state index in [9.17, 15) is 0 Å². The predicted octanol–water partition coefficient (Wildman–Crippen LogP) is 5.06. The summed E-state index contributed by atoms with van der Waals surface area (Å²) in [6.07, 6.45) is 6.17. The van der Waals surface area contributed by atoms with E-state index >= 15 is 0 Å². The molecule has 0 spiro atoms. The van der Waals surface area contributed by atoms with Gasteiger partial charge in [0.05, 0.1) is 4.34 Å². The van der Waals surface area contributed by atoms with Crippen molar-refractivity contribution in [2.75, 3.05) is 0 Å². The van der Waals surface area contributed by atoms with Gasteiger partial charge in [0, 0.05) is 10.3 Å². The molecule has 2 unspecified atom stereocenters. The molecular weight excluding hydrogens is 235 g/mol. The zero-order valence-corrected chi connectivity index (χ0v) is 10.3. The van der Waals surface area contributed by atoms with Crippen molar-refractivity contribution in [1.29, 1.82) is 0 Å². The molecule has 2 atom stereocenters. The van der Waals surface area contributed by atoms with Crippen LogP contribution in [0.1, 0.15) is 42.9 Å². The van der Waals surface area contributed by atoms with Crippen LogP contribution in [0.3, 0.4) is 0 Å². The highest BCUT2D eigenvalue weighted by molar-refractivity contribution is 7.16. The Morgan fingerprint density at radius 1 is 1.21 bits per heavy atom. The van der Waals surface area contributed by atoms with Gasteiger partial charge < -0.3 is 0 Å². The smallest absolute Gasteiger partial charge is 0.0931 e. The number of halogens is 2. The molecule has 1 saturated carbocycles. The van der Waals surface area contributed by atoms with E-state index in [1.54, 1.807) is 11.3 Å². The second-order valence-corrected chi connectivity index (χ2v) is 6.32. The van der Waals surface area contributed by atoms with Gasteiger partial charge in [0.1, 0.15) is 0 Å². The fourth-order valence-corrected chi connectivity index (χ4v) is 3.68. The summed E-state index contributed by atoms with van der Waals surface area (Å²) in [7, 11) is 0.